The fourth-order valence-corrected chi connectivity index (χ4v) is 2.75. The molecule has 0 aliphatic heterocycles. The fourth-order valence-electron chi connectivity index (χ4n) is 2.75. The first-order chi connectivity index (χ1) is 10.6. The van der Waals surface area contributed by atoms with Gasteiger partial charge in [-0.25, -0.2) is 0 Å². The number of phenols is 2. The Hall–Kier alpha value is -2.62. The number of phenolic OH excluding ortho intramolecular Hbond substituents is 2. The van der Waals surface area contributed by atoms with E-state index in [0.29, 0.717) is 12.4 Å². The number of fused-ring (bicyclic) bond motifs is 1. The minimum atomic E-state index is 0.123. The lowest BCUT2D eigenvalue weighted by Crippen LogP contribution is -2.08. The highest BCUT2D eigenvalue weighted by molar-refractivity contribution is 5.86. The van der Waals surface area contributed by atoms with Gasteiger partial charge in [-0.3, -0.25) is 0 Å². The van der Waals surface area contributed by atoms with Crippen molar-refractivity contribution in [3.05, 3.63) is 54.2 Å². The number of benzene rings is 2. The Bertz CT molecular complexity index is 805. The first-order valence-electron chi connectivity index (χ1n) is 7.30. The minimum absolute atomic E-state index is 0.123. The SMILES string of the molecule is CC(C)n1c(COc2ccccc2O)cc2cccc(O)c21. The smallest absolute Gasteiger partial charge is 0.161 e. The van der Waals surface area contributed by atoms with Gasteiger partial charge in [-0.2, -0.15) is 0 Å². The van der Waals surface area contributed by atoms with E-state index in [1.165, 1.54) is 0 Å². The van der Waals surface area contributed by atoms with Crippen LogP contribution in [0.5, 0.6) is 17.2 Å². The van der Waals surface area contributed by atoms with Gasteiger partial charge in [-0.05, 0) is 38.1 Å². The highest BCUT2D eigenvalue weighted by Gasteiger charge is 2.15. The lowest BCUT2D eigenvalue weighted by molar-refractivity contribution is 0.278. The maximum Gasteiger partial charge on any atom is 0.161 e. The number of nitrogens with zero attached hydrogens (tertiary/aromatic N) is 1. The largest absolute Gasteiger partial charge is 0.506 e. The molecule has 22 heavy (non-hydrogen) atoms. The molecule has 0 radical (unpaired) electrons. The van der Waals surface area contributed by atoms with Crippen LogP contribution < -0.4 is 4.74 Å². The van der Waals surface area contributed by atoms with Gasteiger partial charge in [0.1, 0.15) is 12.4 Å². The molecular weight excluding hydrogens is 278 g/mol. The third-order valence-electron chi connectivity index (χ3n) is 3.68. The molecule has 0 unspecified atom stereocenters. The Morgan fingerprint density at radius 3 is 2.45 bits per heavy atom. The molecule has 0 aliphatic carbocycles. The molecule has 0 saturated carbocycles. The summed E-state index contributed by atoms with van der Waals surface area (Å²) in [4.78, 5) is 0. The molecule has 2 aromatic carbocycles. The lowest BCUT2D eigenvalue weighted by Gasteiger charge is -2.16. The van der Waals surface area contributed by atoms with E-state index in [0.717, 1.165) is 16.6 Å². The second-order valence-electron chi connectivity index (χ2n) is 5.57. The molecule has 0 bridgehead atoms. The molecule has 1 aromatic heterocycles. The van der Waals surface area contributed by atoms with E-state index in [4.69, 9.17) is 4.74 Å². The van der Waals surface area contributed by atoms with Crippen molar-refractivity contribution in [1.29, 1.82) is 0 Å². The van der Waals surface area contributed by atoms with Gasteiger partial charge < -0.3 is 19.5 Å². The first kappa shape index (κ1) is 14.3. The van der Waals surface area contributed by atoms with Crippen molar-refractivity contribution in [3.8, 4) is 17.2 Å². The first-order valence-corrected chi connectivity index (χ1v) is 7.30. The number of hydrogen-bond donors (Lipinski definition) is 2. The summed E-state index contributed by atoms with van der Waals surface area (Å²) in [5.41, 5.74) is 1.77. The summed E-state index contributed by atoms with van der Waals surface area (Å²) in [7, 11) is 0. The van der Waals surface area contributed by atoms with E-state index in [-0.39, 0.29) is 17.5 Å². The van der Waals surface area contributed by atoms with Crippen LogP contribution in [-0.2, 0) is 6.61 Å². The van der Waals surface area contributed by atoms with Crippen molar-refractivity contribution in [1.82, 2.24) is 4.57 Å². The van der Waals surface area contributed by atoms with Crippen LogP contribution >= 0.6 is 0 Å². The summed E-state index contributed by atoms with van der Waals surface area (Å²) in [5, 5.41) is 20.9. The van der Waals surface area contributed by atoms with Gasteiger partial charge in [0, 0.05) is 11.4 Å². The van der Waals surface area contributed by atoms with Gasteiger partial charge >= 0.3 is 0 Å². The predicted octanol–water partition coefficient (Wildman–Crippen LogP) is 4.21. The molecule has 0 spiro atoms. The molecule has 2 N–H and O–H groups in total. The van der Waals surface area contributed by atoms with E-state index in [1.54, 1.807) is 24.3 Å². The fraction of sp³-hybridized carbons (Fsp3) is 0.222. The standard InChI is InChI=1S/C18H19NO3/c1-12(2)19-14(10-13-6-5-8-16(21)18(13)19)11-22-17-9-4-3-7-15(17)20/h3-10,12,20-21H,11H2,1-2H3. The van der Waals surface area contributed by atoms with E-state index in [9.17, 15) is 10.2 Å². The van der Waals surface area contributed by atoms with Crippen LogP contribution in [0.3, 0.4) is 0 Å². The van der Waals surface area contributed by atoms with Gasteiger partial charge in [-0.1, -0.05) is 24.3 Å². The van der Waals surface area contributed by atoms with Gasteiger partial charge in [0.2, 0.25) is 0 Å². The Labute approximate surface area is 129 Å². The van der Waals surface area contributed by atoms with Gasteiger partial charge in [0.15, 0.2) is 11.5 Å². The highest BCUT2D eigenvalue weighted by atomic mass is 16.5. The van der Waals surface area contributed by atoms with Crippen LogP contribution in [0.4, 0.5) is 0 Å². The molecule has 0 atom stereocenters. The zero-order valence-corrected chi connectivity index (χ0v) is 12.7. The van der Waals surface area contributed by atoms with E-state index in [2.05, 4.69) is 18.4 Å². The van der Waals surface area contributed by atoms with E-state index < -0.39 is 0 Å². The number of aromatic hydroxyl groups is 2. The second-order valence-corrected chi connectivity index (χ2v) is 5.57. The van der Waals surface area contributed by atoms with Crippen LogP contribution in [0.15, 0.2) is 48.5 Å². The summed E-state index contributed by atoms with van der Waals surface area (Å²) < 4.78 is 7.79. The van der Waals surface area contributed by atoms with Crippen molar-refractivity contribution in [2.75, 3.05) is 0 Å². The topological polar surface area (TPSA) is 54.6 Å². The van der Waals surface area contributed by atoms with Crippen molar-refractivity contribution >= 4 is 10.9 Å². The van der Waals surface area contributed by atoms with Crippen molar-refractivity contribution < 1.29 is 14.9 Å². The summed E-state index contributed by atoms with van der Waals surface area (Å²) in [6, 6.07) is 14.6. The number of para-hydroxylation sites is 3. The summed E-state index contributed by atoms with van der Waals surface area (Å²) in [6.45, 7) is 4.45. The predicted molar refractivity (Wildman–Crippen MR) is 86.4 cm³/mol. The van der Waals surface area contributed by atoms with Crippen LogP contribution in [-0.4, -0.2) is 14.8 Å². The molecule has 4 heteroatoms. The lowest BCUT2D eigenvalue weighted by atomic mass is 10.2. The molecule has 0 saturated heterocycles. The van der Waals surface area contributed by atoms with E-state index in [1.807, 2.05) is 24.3 Å². The molecule has 3 aromatic rings. The molecular formula is C18H19NO3. The number of aromatic nitrogens is 1. The van der Waals surface area contributed by atoms with Gasteiger partial charge in [-0.15, -0.1) is 0 Å². The normalized spacial score (nSPS) is 11.2. The quantitative estimate of drug-likeness (QED) is 0.758. The summed E-state index contributed by atoms with van der Waals surface area (Å²) in [5.74, 6) is 0.838. The molecule has 0 aliphatic rings. The summed E-state index contributed by atoms with van der Waals surface area (Å²) >= 11 is 0. The maximum absolute atomic E-state index is 10.1. The number of hydrogen-bond acceptors (Lipinski definition) is 3. The average Bonchev–Trinajstić information content (AvgIpc) is 2.86. The number of ether oxygens (including phenoxy) is 1. The van der Waals surface area contributed by atoms with Crippen molar-refractivity contribution in [2.45, 2.75) is 26.5 Å². The molecule has 0 fully saturated rings. The minimum Gasteiger partial charge on any atom is -0.506 e. The van der Waals surface area contributed by atoms with Crippen molar-refractivity contribution in [2.24, 2.45) is 0 Å². The number of rotatable bonds is 4. The van der Waals surface area contributed by atoms with Crippen LogP contribution in [0.1, 0.15) is 25.6 Å². The third kappa shape index (κ3) is 2.48. The van der Waals surface area contributed by atoms with Crippen LogP contribution in [0.25, 0.3) is 10.9 Å². The van der Waals surface area contributed by atoms with Crippen LogP contribution in [0.2, 0.25) is 0 Å². The Balaban J connectivity index is 1.99. The highest BCUT2D eigenvalue weighted by Crippen LogP contribution is 2.32. The van der Waals surface area contributed by atoms with Gasteiger partial charge in [0.25, 0.3) is 0 Å². The Kier molecular flexibility index (Phi) is 3.67. The maximum atomic E-state index is 10.1. The summed E-state index contributed by atoms with van der Waals surface area (Å²) in [6.07, 6.45) is 0. The second kappa shape index (κ2) is 5.64. The van der Waals surface area contributed by atoms with Gasteiger partial charge in [0.05, 0.1) is 11.2 Å². The monoisotopic (exact) mass is 297 g/mol. The molecule has 0 amide bonds. The molecule has 4 nitrogen and oxygen atoms in total. The van der Waals surface area contributed by atoms with Crippen LogP contribution in [0, 0.1) is 0 Å². The molecule has 1 heterocycles. The van der Waals surface area contributed by atoms with Crippen molar-refractivity contribution in [3.63, 3.8) is 0 Å². The average molecular weight is 297 g/mol. The third-order valence-corrected chi connectivity index (χ3v) is 3.68. The molecule has 114 valence electrons. The Morgan fingerprint density at radius 1 is 1.00 bits per heavy atom. The zero-order chi connectivity index (χ0) is 15.7. The Morgan fingerprint density at radius 2 is 1.73 bits per heavy atom. The van der Waals surface area contributed by atoms with E-state index >= 15 is 0 Å². The molecule has 3 rings (SSSR count). The zero-order valence-electron chi connectivity index (χ0n) is 12.7.